The zero-order valence-electron chi connectivity index (χ0n) is 12.9. The van der Waals surface area contributed by atoms with Crippen molar-refractivity contribution in [1.29, 1.82) is 0 Å². The first-order valence-electron chi connectivity index (χ1n) is 7.62. The quantitative estimate of drug-likeness (QED) is 0.533. The number of aromatic nitrogens is 1. The molecule has 0 radical (unpaired) electrons. The number of benzene rings is 1. The first-order valence-corrected chi connectivity index (χ1v) is 7.62. The lowest BCUT2D eigenvalue weighted by Crippen LogP contribution is -2.21. The van der Waals surface area contributed by atoms with Gasteiger partial charge < -0.3 is 9.14 Å². The van der Waals surface area contributed by atoms with Gasteiger partial charge in [-0.05, 0) is 25.1 Å². The fourth-order valence-electron chi connectivity index (χ4n) is 3.06. The average Bonchev–Trinajstić information content (AvgIpc) is 2.99. The number of fused-ring (bicyclic) bond motifs is 4. The number of hydrogen-bond acceptors (Lipinski definition) is 4. The third kappa shape index (κ3) is 1.91. The van der Waals surface area contributed by atoms with Gasteiger partial charge in [-0.2, -0.15) is 0 Å². The molecule has 2 heterocycles. The van der Waals surface area contributed by atoms with Gasteiger partial charge in [0.25, 0.3) is 0 Å². The maximum atomic E-state index is 12.8. The molecule has 0 amide bonds. The summed E-state index contributed by atoms with van der Waals surface area (Å²) in [6.07, 6.45) is 1.55. The molecule has 5 nitrogen and oxygen atoms in total. The summed E-state index contributed by atoms with van der Waals surface area (Å²) < 4.78 is 6.59. The van der Waals surface area contributed by atoms with Crippen molar-refractivity contribution in [1.82, 2.24) is 4.40 Å². The normalized spacial score (nSPS) is 12.9. The maximum Gasteiger partial charge on any atom is 0.339 e. The van der Waals surface area contributed by atoms with Gasteiger partial charge in [-0.25, -0.2) is 4.79 Å². The van der Waals surface area contributed by atoms with Crippen LogP contribution in [0.2, 0.25) is 0 Å². The molecule has 5 heteroatoms. The second kappa shape index (κ2) is 5.16. The van der Waals surface area contributed by atoms with Crippen LogP contribution in [0.15, 0.2) is 48.7 Å². The smallest absolute Gasteiger partial charge is 0.339 e. The van der Waals surface area contributed by atoms with E-state index in [-0.39, 0.29) is 18.2 Å². The summed E-state index contributed by atoms with van der Waals surface area (Å²) in [7, 11) is 0. The van der Waals surface area contributed by atoms with Gasteiger partial charge in [0.2, 0.25) is 5.78 Å². The summed E-state index contributed by atoms with van der Waals surface area (Å²) >= 11 is 0. The van der Waals surface area contributed by atoms with Crippen LogP contribution in [0.5, 0.6) is 0 Å². The Hall–Kier alpha value is -3.21. The molecular weight excluding hydrogens is 306 g/mol. The molecule has 118 valence electrons. The highest BCUT2D eigenvalue weighted by Crippen LogP contribution is 2.30. The van der Waals surface area contributed by atoms with E-state index in [1.807, 2.05) is 0 Å². The van der Waals surface area contributed by atoms with Gasteiger partial charge in [0.1, 0.15) is 5.69 Å². The molecular formula is C19H13NO4. The number of pyridine rings is 1. The summed E-state index contributed by atoms with van der Waals surface area (Å²) in [4.78, 5) is 37.5. The van der Waals surface area contributed by atoms with Crippen LogP contribution >= 0.6 is 0 Å². The Morgan fingerprint density at radius 1 is 1.00 bits per heavy atom. The lowest BCUT2D eigenvalue weighted by molar-refractivity contribution is 0.0525. The molecule has 0 saturated carbocycles. The highest BCUT2D eigenvalue weighted by Gasteiger charge is 2.32. The van der Waals surface area contributed by atoms with Crippen molar-refractivity contribution < 1.29 is 19.1 Å². The van der Waals surface area contributed by atoms with Crippen LogP contribution in [-0.2, 0) is 4.74 Å². The van der Waals surface area contributed by atoms with E-state index in [2.05, 4.69) is 0 Å². The zero-order valence-corrected chi connectivity index (χ0v) is 12.9. The van der Waals surface area contributed by atoms with Gasteiger partial charge in [-0.3, -0.25) is 9.59 Å². The Balaban J connectivity index is 1.95. The molecule has 0 aliphatic heterocycles. The molecule has 24 heavy (non-hydrogen) atoms. The van der Waals surface area contributed by atoms with Crippen molar-refractivity contribution in [3.05, 3.63) is 76.6 Å². The number of carbonyl (C=O) groups is 3. The standard InChI is InChI=1S/C19H13NO4/c1-2-24-19(23)11-7-8-12-9-15-16(20(12)10-11)18(22)14-6-4-3-5-13(14)17(15)21/h3-10H,2H2,1H3. The minimum absolute atomic E-state index is 0.179. The summed E-state index contributed by atoms with van der Waals surface area (Å²) in [5, 5.41) is 0. The number of rotatable bonds is 2. The molecule has 0 atom stereocenters. The summed E-state index contributed by atoms with van der Waals surface area (Å²) in [6, 6.07) is 11.8. The van der Waals surface area contributed by atoms with E-state index < -0.39 is 5.97 Å². The predicted octanol–water partition coefficient (Wildman–Crippen LogP) is 2.89. The Morgan fingerprint density at radius 2 is 1.71 bits per heavy atom. The van der Waals surface area contributed by atoms with E-state index >= 15 is 0 Å². The van der Waals surface area contributed by atoms with Crippen LogP contribution in [0.1, 0.15) is 49.3 Å². The molecule has 0 saturated heterocycles. The summed E-state index contributed by atoms with van der Waals surface area (Å²) in [5.41, 5.74) is 2.47. The van der Waals surface area contributed by atoms with Gasteiger partial charge in [0.05, 0.1) is 17.7 Å². The van der Waals surface area contributed by atoms with Gasteiger partial charge in [-0.1, -0.05) is 24.3 Å². The molecule has 2 aromatic heterocycles. The number of ketones is 2. The lowest BCUT2D eigenvalue weighted by atomic mass is 9.88. The van der Waals surface area contributed by atoms with E-state index in [1.165, 1.54) is 0 Å². The van der Waals surface area contributed by atoms with Crippen LogP contribution < -0.4 is 0 Å². The molecule has 0 spiro atoms. The second-order valence-corrected chi connectivity index (χ2v) is 5.54. The van der Waals surface area contributed by atoms with Crippen molar-refractivity contribution in [3.63, 3.8) is 0 Å². The molecule has 0 bridgehead atoms. The summed E-state index contributed by atoms with van der Waals surface area (Å²) in [5.74, 6) is -0.861. The molecule has 3 aromatic rings. The fraction of sp³-hybridized carbons (Fsp3) is 0.105. The largest absolute Gasteiger partial charge is 0.462 e. The second-order valence-electron chi connectivity index (χ2n) is 5.54. The number of ether oxygens (including phenoxy) is 1. The number of hydrogen-bond donors (Lipinski definition) is 0. The third-order valence-electron chi connectivity index (χ3n) is 4.16. The number of nitrogens with zero attached hydrogens (tertiary/aromatic N) is 1. The van der Waals surface area contributed by atoms with Crippen LogP contribution in [0.4, 0.5) is 0 Å². The van der Waals surface area contributed by atoms with Crippen LogP contribution in [0, 0.1) is 0 Å². The monoisotopic (exact) mass is 319 g/mol. The molecule has 0 N–H and O–H groups in total. The van der Waals surface area contributed by atoms with Crippen molar-refractivity contribution in [2.75, 3.05) is 6.61 Å². The van der Waals surface area contributed by atoms with Gasteiger partial charge in [0.15, 0.2) is 5.78 Å². The van der Waals surface area contributed by atoms with E-state index in [4.69, 9.17) is 4.74 Å². The van der Waals surface area contributed by atoms with Crippen molar-refractivity contribution in [2.45, 2.75) is 6.92 Å². The highest BCUT2D eigenvalue weighted by atomic mass is 16.5. The minimum Gasteiger partial charge on any atom is -0.462 e. The maximum absolute atomic E-state index is 12.8. The Bertz CT molecular complexity index is 1030. The number of esters is 1. The molecule has 0 unspecified atom stereocenters. The average molecular weight is 319 g/mol. The topological polar surface area (TPSA) is 64.8 Å². The van der Waals surface area contributed by atoms with E-state index in [0.29, 0.717) is 33.5 Å². The molecule has 1 aliphatic carbocycles. The van der Waals surface area contributed by atoms with E-state index in [9.17, 15) is 14.4 Å². The molecule has 0 fully saturated rings. The number of carbonyl (C=O) groups excluding carboxylic acids is 3. The minimum atomic E-state index is -0.461. The zero-order chi connectivity index (χ0) is 16.8. The van der Waals surface area contributed by atoms with Crippen LogP contribution in [-0.4, -0.2) is 28.5 Å². The predicted molar refractivity (Wildman–Crippen MR) is 86.7 cm³/mol. The first kappa shape index (κ1) is 14.4. The SMILES string of the molecule is CCOC(=O)c1ccc2cc3c(n2c1)C(=O)c1ccccc1C3=O. The first-order chi connectivity index (χ1) is 11.6. The van der Waals surface area contributed by atoms with Crippen molar-refractivity contribution in [3.8, 4) is 0 Å². The fourth-order valence-corrected chi connectivity index (χ4v) is 3.06. The van der Waals surface area contributed by atoms with Crippen LogP contribution in [0.3, 0.4) is 0 Å². The Labute approximate surface area is 137 Å². The van der Waals surface area contributed by atoms with Crippen LogP contribution in [0.25, 0.3) is 5.52 Å². The lowest BCUT2D eigenvalue weighted by Gasteiger charge is -2.14. The Kier molecular flexibility index (Phi) is 3.09. The molecule has 1 aromatic carbocycles. The van der Waals surface area contributed by atoms with E-state index in [0.717, 1.165) is 0 Å². The third-order valence-corrected chi connectivity index (χ3v) is 4.16. The van der Waals surface area contributed by atoms with Gasteiger partial charge in [-0.15, -0.1) is 0 Å². The molecule has 4 rings (SSSR count). The molecule has 1 aliphatic rings. The van der Waals surface area contributed by atoms with Crippen molar-refractivity contribution >= 4 is 23.1 Å². The van der Waals surface area contributed by atoms with Gasteiger partial charge >= 0.3 is 5.97 Å². The van der Waals surface area contributed by atoms with E-state index in [1.54, 1.807) is 60.0 Å². The summed E-state index contributed by atoms with van der Waals surface area (Å²) in [6.45, 7) is 2.00. The van der Waals surface area contributed by atoms with Crippen molar-refractivity contribution in [2.24, 2.45) is 0 Å². The van der Waals surface area contributed by atoms with Gasteiger partial charge in [0, 0.05) is 22.8 Å². The Morgan fingerprint density at radius 3 is 2.42 bits per heavy atom. The highest BCUT2D eigenvalue weighted by molar-refractivity contribution is 6.28.